The van der Waals surface area contributed by atoms with Crippen molar-refractivity contribution >= 4 is 10.0 Å². The molecule has 0 bridgehead atoms. The lowest BCUT2D eigenvalue weighted by atomic mass is 9.83. The molecule has 1 fully saturated rings. The minimum Gasteiger partial charge on any atom is -0.392 e. The predicted molar refractivity (Wildman–Crippen MR) is 76.5 cm³/mol. The molecule has 1 aromatic rings. The van der Waals surface area contributed by atoms with Gasteiger partial charge in [0.2, 0.25) is 0 Å². The van der Waals surface area contributed by atoms with Crippen LogP contribution in [0.3, 0.4) is 0 Å². The van der Waals surface area contributed by atoms with Crippen molar-refractivity contribution in [2.45, 2.75) is 44.2 Å². The monoisotopic (exact) mass is 298 g/mol. The third-order valence-corrected chi connectivity index (χ3v) is 5.20. The highest BCUT2D eigenvalue weighted by molar-refractivity contribution is 7.89. The van der Waals surface area contributed by atoms with Gasteiger partial charge in [-0.1, -0.05) is 25.8 Å². The Morgan fingerprint density at radius 2 is 2.20 bits per heavy atom. The van der Waals surface area contributed by atoms with Gasteiger partial charge in [-0.05, 0) is 36.3 Å². The van der Waals surface area contributed by atoms with Gasteiger partial charge in [0.1, 0.15) is 0 Å². The van der Waals surface area contributed by atoms with Gasteiger partial charge in [-0.15, -0.1) is 0 Å². The molecule has 112 valence electrons. The summed E-state index contributed by atoms with van der Waals surface area (Å²) < 4.78 is 26.9. The van der Waals surface area contributed by atoms with Crippen LogP contribution in [0.5, 0.6) is 0 Å². The summed E-state index contributed by atoms with van der Waals surface area (Å²) in [5.74, 6) is 1.10. The van der Waals surface area contributed by atoms with Crippen molar-refractivity contribution in [2.75, 3.05) is 6.54 Å². The van der Waals surface area contributed by atoms with E-state index >= 15 is 0 Å². The van der Waals surface area contributed by atoms with Gasteiger partial charge in [0.25, 0.3) is 10.0 Å². The molecule has 5 nitrogen and oxygen atoms in total. The molecule has 6 heteroatoms. The van der Waals surface area contributed by atoms with E-state index in [2.05, 4.69) is 16.6 Å². The third kappa shape index (κ3) is 4.01. The molecule has 0 radical (unpaired) electrons. The van der Waals surface area contributed by atoms with Gasteiger partial charge in [-0.2, -0.15) is 0 Å². The molecule has 20 heavy (non-hydrogen) atoms. The van der Waals surface area contributed by atoms with E-state index in [0.29, 0.717) is 23.9 Å². The largest absolute Gasteiger partial charge is 0.392 e. The number of hydrogen-bond acceptors (Lipinski definition) is 4. The summed E-state index contributed by atoms with van der Waals surface area (Å²) in [5.41, 5.74) is 0.602. The fourth-order valence-electron chi connectivity index (χ4n) is 2.71. The summed E-state index contributed by atoms with van der Waals surface area (Å²) in [6, 6.07) is 3.00. The van der Waals surface area contributed by atoms with Crippen LogP contribution in [-0.4, -0.2) is 25.1 Å². The number of aliphatic hydroxyl groups excluding tert-OH is 1. The molecule has 2 atom stereocenters. The number of hydrogen-bond donors (Lipinski definition) is 2. The van der Waals surface area contributed by atoms with E-state index in [0.717, 1.165) is 12.8 Å². The standard InChI is InChI=1S/C14H22N2O3S/c1-11-3-2-4-12(7-11)9-16-20(18,19)14-6-5-13(10-17)8-15-14/h5-6,8,11-12,16-17H,2-4,7,9-10H2,1H3. The Hall–Kier alpha value is -0.980. The molecular weight excluding hydrogens is 276 g/mol. The second-order valence-electron chi connectivity index (χ2n) is 5.65. The lowest BCUT2D eigenvalue weighted by molar-refractivity contribution is 0.281. The van der Waals surface area contributed by atoms with Crippen LogP contribution in [0, 0.1) is 11.8 Å². The number of nitrogens with one attached hydrogen (secondary N) is 1. The molecule has 0 amide bonds. The maximum atomic E-state index is 12.1. The minimum absolute atomic E-state index is 0.0126. The zero-order chi connectivity index (χ0) is 14.6. The number of sulfonamides is 1. The summed E-state index contributed by atoms with van der Waals surface area (Å²) in [6.07, 6.45) is 5.98. The number of aromatic nitrogens is 1. The van der Waals surface area contributed by atoms with Crippen molar-refractivity contribution in [3.63, 3.8) is 0 Å². The Balaban J connectivity index is 1.96. The van der Waals surface area contributed by atoms with Crippen molar-refractivity contribution in [3.05, 3.63) is 23.9 Å². The lowest BCUT2D eigenvalue weighted by Gasteiger charge is -2.26. The number of rotatable bonds is 5. The van der Waals surface area contributed by atoms with Crippen LogP contribution in [0.4, 0.5) is 0 Å². The second-order valence-corrected chi connectivity index (χ2v) is 7.37. The fourth-order valence-corrected chi connectivity index (χ4v) is 3.75. The summed E-state index contributed by atoms with van der Waals surface area (Å²) in [5, 5.41) is 8.94. The number of aliphatic hydroxyl groups is 1. The average Bonchev–Trinajstić information content (AvgIpc) is 2.45. The molecule has 2 rings (SSSR count). The maximum Gasteiger partial charge on any atom is 0.258 e. The lowest BCUT2D eigenvalue weighted by Crippen LogP contribution is -2.32. The second kappa shape index (κ2) is 6.65. The van der Waals surface area contributed by atoms with E-state index in [4.69, 9.17) is 5.11 Å². The maximum absolute atomic E-state index is 12.1. The molecule has 0 aromatic carbocycles. The third-order valence-electron chi connectivity index (χ3n) is 3.86. The van der Waals surface area contributed by atoms with E-state index in [1.807, 2.05) is 0 Å². The van der Waals surface area contributed by atoms with Crippen LogP contribution in [0.15, 0.2) is 23.4 Å². The van der Waals surface area contributed by atoms with Crippen LogP contribution in [0.25, 0.3) is 0 Å². The zero-order valence-electron chi connectivity index (χ0n) is 11.7. The van der Waals surface area contributed by atoms with Crippen LogP contribution >= 0.6 is 0 Å². The van der Waals surface area contributed by atoms with Gasteiger partial charge < -0.3 is 5.11 Å². The van der Waals surface area contributed by atoms with Crippen LogP contribution in [0.2, 0.25) is 0 Å². The molecule has 2 unspecified atom stereocenters. The first-order valence-corrected chi connectivity index (χ1v) is 8.55. The molecule has 0 spiro atoms. The minimum atomic E-state index is -3.54. The first-order valence-electron chi connectivity index (χ1n) is 7.06. The Morgan fingerprint density at radius 1 is 1.40 bits per heavy atom. The molecule has 1 aliphatic rings. The van der Waals surface area contributed by atoms with Gasteiger partial charge in [0.05, 0.1) is 6.61 Å². The Kier molecular flexibility index (Phi) is 5.12. The summed E-state index contributed by atoms with van der Waals surface area (Å²) in [4.78, 5) is 3.89. The molecule has 2 N–H and O–H groups in total. The zero-order valence-corrected chi connectivity index (χ0v) is 12.6. The van der Waals surface area contributed by atoms with Crippen LogP contribution in [0.1, 0.15) is 38.2 Å². The highest BCUT2D eigenvalue weighted by atomic mass is 32.2. The van der Waals surface area contributed by atoms with Crippen molar-refractivity contribution < 1.29 is 13.5 Å². The van der Waals surface area contributed by atoms with E-state index in [-0.39, 0.29) is 11.6 Å². The van der Waals surface area contributed by atoms with Gasteiger partial charge in [0, 0.05) is 12.7 Å². The van der Waals surface area contributed by atoms with E-state index < -0.39 is 10.0 Å². The van der Waals surface area contributed by atoms with Gasteiger partial charge in [-0.3, -0.25) is 0 Å². The smallest absolute Gasteiger partial charge is 0.258 e. The van der Waals surface area contributed by atoms with Crippen molar-refractivity contribution in [3.8, 4) is 0 Å². The number of nitrogens with zero attached hydrogens (tertiary/aromatic N) is 1. The van der Waals surface area contributed by atoms with E-state index in [9.17, 15) is 8.42 Å². The summed E-state index contributed by atoms with van der Waals surface area (Å²) in [7, 11) is -3.54. The first-order chi connectivity index (χ1) is 9.51. The molecule has 1 aromatic heterocycles. The fraction of sp³-hybridized carbons (Fsp3) is 0.643. The predicted octanol–water partition coefficient (Wildman–Crippen LogP) is 1.68. The Labute approximate surface area is 120 Å². The average molecular weight is 298 g/mol. The molecular formula is C14H22N2O3S. The van der Waals surface area contributed by atoms with Crippen molar-refractivity contribution in [1.29, 1.82) is 0 Å². The highest BCUT2D eigenvalue weighted by Crippen LogP contribution is 2.28. The van der Waals surface area contributed by atoms with E-state index in [1.54, 1.807) is 6.07 Å². The van der Waals surface area contributed by atoms with Gasteiger partial charge >= 0.3 is 0 Å². The molecule has 0 saturated heterocycles. The van der Waals surface area contributed by atoms with Gasteiger partial charge in [0.15, 0.2) is 5.03 Å². The topological polar surface area (TPSA) is 79.3 Å². The normalized spacial score (nSPS) is 23.7. The van der Waals surface area contributed by atoms with Crippen LogP contribution in [-0.2, 0) is 16.6 Å². The van der Waals surface area contributed by atoms with Gasteiger partial charge in [-0.25, -0.2) is 18.1 Å². The van der Waals surface area contributed by atoms with Crippen LogP contribution < -0.4 is 4.72 Å². The Bertz CT molecular complexity index is 528. The first kappa shape index (κ1) is 15.4. The van der Waals surface area contributed by atoms with E-state index in [1.165, 1.54) is 25.1 Å². The van der Waals surface area contributed by atoms with Crippen molar-refractivity contribution in [2.24, 2.45) is 11.8 Å². The quantitative estimate of drug-likeness (QED) is 0.867. The molecule has 0 aliphatic heterocycles. The Morgan fingerprint density at radius 3 is 2.80 bits per heavy atom. The number of pyridine rings is 1. The SMILES string of the molecule is CC1CCCC(CNS(=O)(=O)c2ccc(CO)cn2)C1. The summed E-state index contributed by atoms with van der Waals surface area (Å²) in [6.45, 7) is 2.56. The highest BCUT2D eigenvalue weighted by Gasteiger charge is 2.22. The molecule has 1 aliphatic carbocycles. The molecule has 1 saturated carbocycles. The summed E-state index contributed by atoms with van der Waals surface area (Å²) >= 11 is 0. The molecule has 1 heterocycles. The van der Waals surface area contributed by atoms with Crippen molar-refractivity contribution in [1.82, 2.24) is 9.71 Å².